The normalized spacial score (nSPS) is 19.6. The summed E-state index contributed by atoms with van der Waals surface area (Å²) in [6.45, 7) is 8.20. The van der Waals surface area contributed by atoms with Crippen molar-refractivity contribution in [3.63, 3.8) is 0 Å². The van der Waals surface area contributed by atoms with Crippen LogP contribution in [0.5, 0.6) is 0 Å². The van der Waals surface area contributed by atoms with Crippen LogP contribution in [0, 0.1) is 6.92 Å². The van der Waals surface area contributed by atoms with Crippen LogP contribution in [0.1, 0.15) is 30.9 Å². The van der Waals surface area contributed by atoms with Crippen molar-refractivity contribution < 1.29 is 4.74 Å². The molecule has 0 spiro atoms. The highest BCUT2D eigenvalue weighted by molar-refractivity contribution is 5.48. The van der Waals surface area contributed by atoms with Gasteiger partial charge in [0, 0.05) is 25.4 Å². The number of aryl methyl sites for hydroxylation is 1. The summed E-state index contributed by atoms with van der Waals surface area (Å²) >= 11 is 0. The molecular weight excluding hydrogens is 224 g/mol. The first kappa shape index (κ1) is 13.4. The maximum Gasteiger partial charge on any atom is 0.0702 e. The largest absolute Gasteiger partial charge is 0.398 e. The van der Waals surface area contributed by atoms with E-state index in [2.05, 4.69) is 30.9 Å². The molecular formula is C15H24N2O. The minimum Gasteiger partial charge on any atom is -0.398 e. The monoisotopic (exact) mass is 248 g/mol. The number of hydrogen-bond acceptors (Lipinski definition) is 3. The van der Waals surface area contributed by atoms with Crippen LogP contribution in [-0.4, -0.2) is 30.7 Å². The molecule has 1 atom stereocenters. The minimum atomic E-state index is 0.413. The molecule has 1 unspecified atom stereocenters. The molecule has 0 aromatic heterocycles. The molecule has 0 amide bonds. The fourth-order valence-corrected chi connectivity index (χ4v) is 2.49. The van der Waals surface area contributed by atoms with E-state index >= 15 is 0 Å². The third kappa shape index (κ3) is 3.47. The summed E-state index contributed by atoms with van der Waals surface area (Å²) in [5.41, 5.74) is 9.44. The molecule has 3 nitrogen and oxygen atoms in total. The Morgan fingerprint density at radius 2 is 2.28 bits per heavy atom. The molecule has 1 aromatic rings. The summed E-state index contributed by atoms with van der Waals surface area (Å²) in [6.07, 6.45) is 2.81. The van der Waals surface area contributed by atoms with Gasteiger partial charge in [0.1, 0.15) is 0 Å². The highest BCUT2D eigenvalue weighted by Gasteiger charge is 2.18. The number of likely N-dealkylation sites (N-methyl/N-ethyl adjacent to an activating group) is 1. The predicted octanol–water partition coefficient (Wildman–Crippen LogP) is 2.58. The number of anilines is 1. The summed E-state index contributed by atoms with van der Waals surface area (Å²) < 4.78 is 5.70. The van der Waals surface area contributed by atoms with Gasteiger partial charge in [0.15, 0.2) is 0 Å². The Labute approximate surface area is 110 Å². The van der Waals surface area contributed by atoms with Crippen molar-refractivity contribution in [2.24, 2.45) is 0 Å². The maximum absolute atomic E-state index is 6.04. The van der Waals surface area contributed by atoms with E-state index in [9.17, 15) is 0 Å². The molecule has 3 heteroatoms. The number of benzene rings is 1. The molecule has 100 valence electrons. The lowest BCUT2D eigenvalue weighted by Gasteiger charge is -2.24. The zero-order chi connectivity index (χ0) is 13.0. The summed E-state index contributed by atoms with van der Waals surface area (Å²) in [5.74, 6) is 0. The minimum absolute atomic E-state index is 0.413. The van der Waals surface area contributed by atoms with E-state index in [1.54, 1.807) is 0 Å². The van der Waals surface area contributed by atoms with Crippen molar-refractivity contribution in [2.45, 2.75) is 39.3 Å². The SMILES string of the molecule is CCN(Cc1cc(C)ccc1N)CC1CCCO1. The van der Waals surface area contributed by atoms with Crippen molar-refractivity contribution in [3.05, 3.63) is 29.3 Å². The van der Waals surface area contributed by atoms with Gasteiger partial charge >= 0.3 is 0 Å². The third-order valence-electron chi connectivity index (χ3n) is 3.63. The van der Waals surface area contributed by atoms with E-state index in [1.165, 1.54) is 24.0 Å². The van der Waals surface area contributed by atoms with E-state index in [4.69, 9.17) is 10.5 Å². The molecule has 1 heterocycles. The first-order valence-electron chi connectivity index (χ1n) is 6.88. The third-order valence-corrected chi connectivity index (χ3v) is 3.63. The summed E-state index contributed by atoms with van der Waals surface area (Å²) in [6, 6.07) is 6.26. The first-order valence-corrected chi connectivity index (χ1v) is 6.88. The molecule has 2 rings (SSSR count). The van der Waals surface area contributed by atoms with E-state index in [0.29, 0.717) is 6.10 Å². The van der Waals surface area contributed by atoms with Gasteiger partial charge in [-0.2, -0.15) is 0 Å². The number of nitrogen functional groups attached to an aromatic ring is 1. The quantitative estimate of drug-likeness (QED) is 0.814. The lowest BCUT2D eigenvalue weighted by molar-refractivity contribution is 0.0725. The number of rotatable bonds is 5. The van der Waals surface area contributed by atoms with Gasteiger partial charge in [-0.25, -0.2) is 0 Å². The van der Waals surface area contributed by atoms with Gasteiger partial charge in [-0.1, -0.05) is 24.6 Å². The Morgan fingerprint density at radius 1 is 1.44 bits per heavy atom. The van der Waals surface area contributed by atoms with Gasteiger partial charge < -0.3 is 10.5 Å². The average Bonchev–Trinajstić information content (AvgIpc) is 2.85. The number of hydrogen-bond donors (Lipinski definition) is 1. The topological polar surface area (TPSA) is 38.5 Å². The molecule has 0 radical (unpaired) electrons. The Bertz CT molecular complexity index is 386. The number of nitrogens with zero attached hydrogens (tertiary/aromatic N) is 1. The van der Waals surface area contributed by atoms with E-state index in [1.807, 2.05) is 6.07 Å². The molecule has 0 bridgehead atoms. The number of ether oxygens (including phenoxy) is 1. The second-order valence-electron chi connectivity index (χ2n) is 5.17. The second kappa shape index (κ2) is 6.21. The van der Waals surface area contributed by atoms with Crippen molar-refractivity contribution in [3.8, 4) is 0 Å². The van der Waals surface area contributed by atoms with Gasteiger partial charge in [0.05, 0.1) is 6.10 Å². The van der Waals surface area contributed by atoms with Crippen LogP contribution in [0.15, 0.2) is 18.2 Å². The smallest absolute Gasteiger partial charge is 0.0702 e. The second-order valence-corrected chi connectivity index (χ2v) is 5.17. The molecule has 0 aliphatic carbocycles. The van der Waals surface area contributed by atoms with Gasteiger partial charge in [-0.3, -0.25) is 4.90 Å². The van der Waals surface area contributed by atoms with E-state index in [-0.39, 0.29) is 0 Å². The molecule has 1 fully saturated rings. The Balaban J connectivity index is 1.98. The van der Waals surface area contributed by atoms with E-state index < -0.39 is 0 Å². The van der Waals surface area contributed by atoms with Crippen LogP contribution < -0.4 is 5.73 Å². The van der Waals surface area contributed by atoms with Crippen molar-refractivity contribution in [2.75, 3.05) is 25.4 Å². The molecule has 1 aromatic carbocycles. The Kier molecular flexibility index (Phi) is 4.61. The van der Waals surface area contributed by atoms with Crippen LogP contribution in [0.4, 0.5) is 5.69 Å². The fourth-order valence-electron chi connectivity index (χ4n) is 2.49. The van der Waals surface area contributed by atoms with Crippen LogP contribution in [0.3, 0.4) is 0 Å². The highest BCUT2D eigenvalue weighted by atomic mass is 16.5. The highest BCUT2D eigenvalue weighted by Crippen LogP contribution is 2.18. The Morgan fingerprint density at radius 3 is 2.94 bits per heavy atom. The van der Waals surface area contributed by atoms with Crippen LogP contribution in [-0.2, 0) is 11.3 Å². The van der Waals surface area contributed by atoms with Crippen LogP contribution in [0.2, 0.25) is 0 Å². The maximum atomic E-state index is 6.04. The zero-order valence-electron chi connectivity index (χ0n) is 11.5. The summed E-state index contributed by atoms with van der Waals surface area (Å²) in [7, 11) is 0. The van der Waals surface area contributed by atoms with Crippen molar-refractivity contribution >= 4 is 5.69 Å². The molecule has 1 aliphatic heterocycles. The van der Waals surface area contributed by atoms with Crippen LogP contribution >= 0.6 is 0 Å². The predicted molar refractivity (Wildman–Crippen MR) is 75.5 cm³/mol. The lowest BCUT2D eigenvalue weighted by atomic mass is 10.1. The summed E-state index contributed by atoms with van der Waals surface area (Å²) in [5, 5.41) is 0. The van der Waals surface area contributed by atoms with Gasteiger partial charge in [0.25, 0.3) is 0 Å². The lowest BCUT2D eigenvalue weighted by Crippen LogP contribution is -2.31. The van der Waals surface area contributed by atoms with Gasteiger partial charge in [-0.05, 0) is 37.9 Å². The average molecular weight is 248 g/mol. The van der Waals surface area contributed by atoms with Crippen molar-refractivity contribution in [1.29, 1.82) is 0 Å². The van der Waals surface area contributed by atoms with E-state index in [0.717, 1.165) is 31.9 Å². The molecule has 18 heavy (non-hydrogen) atoms. The first-order chi connectivity index (χ1) is 8.69. The van der Waals surface area contributed by atoms with Crippen molar-refractivity contribution in [1.82, 2.24) is 4.90 Å². The Hall–Kier alpha value is -1.06. The molecule has 0 saturated carbocycles. The fraction of sp³-hybridized carbons (Fsp3) is 0.600. The van der Waals surface area contributed by atoms with Crippen LogP contribution in [0.25, 0.3) is 0 Å². The summed E-state index contributed by atoms with van der Waals surface area (Å²) in [4.78, 5) is 2.42. The zero-order valence-corrected chi connectivity index (χ0v) is 11.5. The standard InChI is InChI=1S/C15H24N2O/c1-3-17(11-14-5-4-8-18-14)10-13-9-12(2)6-7-15(13)16/h6-7,9,14H,3-5,8,10-11,16H2,1-2H3. The molecule has 1 saturated heterocycles. The van der Waals surface area contributed by atoms with Gasteiger partial charge in [-0.15, -0.1) is 0 Å². The molecule has 1 aliphatic rings. The number of nitrogens with two attached hydrogens (primary N) is 1. The molecule has 2 N–H and O–H groups in total. The van der Waals surface area contributed by atoms with Gasteiger partial charge in [0.2, 0.25) is 0 Å².